The van der Waals surface area contributed by atoms with Crippen molar-refractivity contribution in [2.24, 2.45) is 5.92 Å². The van der Waals surface area contributed by atoms with Gasteiger partial charge in [-0.15, -0.1) is 0 Å². The van der Waals surface area contributed by atoms with E-state index in [4.69, 9.17) is 4.74 Å². The van der Waals surface area contributed by atoms with Gasteiger partial charge in [-0.05, 0) is 32.7 Å². The summed E-state index contributed by atoms with van der Waals surface area (Å²) in [6.07, 6.45) is 7.63. The minimum absolute atomic E-state index is 0.157. The summed E-state index contributed by atoms with van der Waals surface area (Å²) in [4.78, 5) is 2.29. The molecule has 0 aromatic heterocycles. The first-order valence-electron chi connectivity index (χ1n) is 7.16. The highest BCUT2D eigenvalue weighted by atomic mass is 16.5. The van der Waals surface area contributed by atoms with Gasteiger partial charge < -0.3 is 9.84 Å². The molecule has 1 aliphatic heterocycles. The first-order chi connectivity index (χ1) is 8.16. The number of aliphatic hydroxyl groups excluding tert-OH is 1. The first-order valence-corrected chi connectivity index (χ1v) is 7.16. The van der Waals surface area contributed by atoms with Crippen LogP contribution in [0, 0.1) is 5.92 Å². The lowest BCUT2D eigenvalue weighted by Crippen LogP contribution is -2.41. The van der Waals surface area contributed by atoms with Gasteiger partial charge in [-0.2, -0.15) is 0 Å². The lowest BCUT2D eigenvalue weighted by molar-refractivity contribution is 0.0505. The van der Waals surface area contributed by atoms with Crippen LogP contribution in [0.1, 0.15) is 45.4 Å². The molecule has 1 N–H and O–H groups in total. The molecule has 0 amide bonds. The summed E-state index contributed by atoms with van der Waals surface area (Å²) < 4.78 is 5.58. The number of hydrogen-bond acceptors (Lipinski definition) is 3. The fraction of sp³-hybridized carbons (Fsp3) is 1.00. The van der Waals surface area contributed by atoms with Crippen molar-refractivity contribution in [3.63, 3.8) is 0 Å². The molecule has 17 heavy (non-hydrogen) atoms. The Labute approximate surface area is 105 Å². The third-order valence-electron chi connectivity index (χ3n) is 4.48. The van der Waals surface area contributed by atoms with Gasteiger partial charge in [0.2, 0.25) is 0 Å². The van der Waals surface area contributed by atoms with E-state index in [9.17, 15) is 5.11 Å². The summed E-state index contributed by atoms with van der Waals surface area (Å²) >= 11 is 0. The highest BCUT2D eigenvalue weighted by Gasteiger charge is 2.29. The molecule has 0 aromatic carbocycles. The maximum absolute atomic E-state index is 10.1. The highest BCUT2D eigenvalue weighted by Crippen LogP contribution is 2.29. The Morgan fingerprint density at radius 3 is 2.59 bits per heavy atom. The molecule has 3 heteroatoms. The molecule has 1 aliphatic carbocycles. The van der Waals surface area contributed by atoms with Crippen LogP contribution in [0.3, 0.4) is 0 Å². The van der Waals surface area contributed by atoms with Crippen molar-refractivity contribution >= 4 is 0 Å². The number of aliphatic hydroxyl groups is 1. The molecular formula is C14H27NO2. The molecule has 3 atom stereocenters. The topological polar surface area (TPSA) is 32.7 Å². The summed E-state index contributed by atoms with van der Waals surface area (Å²) in [5.41, 5.74) is 0. The average molecular weight is 241 g/mol. The molecule has 0 bridgehead atoms. The van der Waals surface area contributed by atoms with Crippen LogP contribution in [0.5, 0.6) is 0 Å². The molecule has 1 heterocycles. The van der Waals surface area contributed by atoms with Gasteiger partial charge in [0, 0.05) is 19.2 Å². The molecule has 1 saturated heterocycles. The van der Waals surface area contributed by atoms with Gasteiger partial charge in [0.15, 0.2) is 0 Å². The van der Waals surface area contributed by atoms with E-state index in [1.165, 1.54) is 25.7 Å². The average Bonchev–Trinajstić information content (AvgIpc) is 2.88. The Morgan fingerprint density at radius 2 is 2.00 bits per heavy atom. The van der Waals surface area contributed by atoms with Crippen LogP contribution < -0.4 is 0 Å². The second-order valence-corrected chi connectivity index (χ2v) is 5.91. The van der Waals surface area contributed by atoms with Crippen LogP contribution in [0.15, 0.2) is 0 Å². The maximum atomic E-state index is 10.1. The van der Waals surface area contributed by atoms with Crippen molar-refractivity contribution in [2.75, 3.05) is 20.2 Å². The van der Waals surface area contributed by atoms with Crippen LogP contribution in [-0.4, -0.2) is 48.5 Å². The Hall–Kier alpha value is -0.120. The number of nitrogens with zero attached hydrogens (tertiary/aromatic N) is 1. The fourth-order valence-electron chi connectivity index (χ4n) is 3.47. The van der Waals surface area contributed by atoms with E-state index in [1.54, 1.807) is 0 Å². The Bertz CT molecular complexity index is 228. The highest BCUT2D eigenvalue weighted by molar-refractivity contribution is 4.82. The smallest absolute Gasteiger partial charge is 0.0702 e. The zero-order chi connectivity index (χ0) is 12.3. The standard InChI is InChI=1S/C14H27NO2/c1-11-14(7-8-17-11)15(2)10-13(16)9-12-5-3-4-6-12/h11-14,16H,3-10H2,1-2H3. The lowest BCUT2D eigenvalue weighted by atomic mass is 9.99. The monoisotopic (exact) mass is 241 g/mol. The van der Waals surface area contributed by atoms with Crippen LogP contribution in [0.2, 0.25) is 0 Å². The van der Waals surface area contributed by atoms with E-state index in [0.29, 0.717) is 12.1 Å². The van der Waals surface area contributed by atoms with Gasteiger partial charge >= 0.3 is 0 Å². The number of hydrogen-bond donors (Lipinski definition) is 1. The molecule has 0 aromatic rings. The summed E-state index contributed by atoms with van der Waals surface area (Å²) in [5, 5.41) is 10.1. The Morgan fingerprint density at radius 1 is 1.29 bits per heavy atom. The molecule has 1 saturated carbocycles. The van der Waals surface area contributed by atoms with Crippen molar-refractivity contribution in [2.45, 2.75) is 63.7 Å². The second-order valence-electron chi connectivity index (χ2n) is 5.91. The molecule has 3 unspecified atom stereocenters. The number of ether oxygens (including phenoxy) is 1. The molecular weight excluding hydrogens is 214 g/mol. The van der Waals surface area contributed by atoms with E-state index in [-0.39, 0.29) is 6.10 Å². The Kier molecular flexibility index (Phi) is 4.83. The third kappa shape index (κ3) is 3.67. The quantitative estimate of drug-likeness (QED) is 0.799. The van der Waals surface area contributed by atoms with Crippen molar-refractivity contribution < 1.29 is 9.84 Å². The summed E-state index contributed by atoms with van der Waals surface area (Å²) in [6, 6.07) is 0.494. The van der Waals surface area contributed by atoms with E-state index >= 15 is 0 Å². The maximum Gasteiger partial charge on any atom is 0.0702 e. The molecule has 0 spiro atoms. The minimum Gasteiger partial charge on any atom is -0.392 e. The van der Waals surface area contributed by atoms with Gasteiger partial charge in [-0.25, -0.2) is 0 Å². The summed E-state index contributed by atoms with van der Waals surface area (Å²) in [7, 11) is 2.12. The fourth-order valence-corrected chi connectivity index (χ4v) is 3.47. The zero-order valence-corrected chi connectivity index (χ0v) is 11.3. The van der Waals surface area contributed by atoms with Gasteiger partial charge in [-0.3, -0.25) is 4.90 Å². The minimum atomic E-state index is -0.157. The van der Waals surface area contributed by atoms with Gasteiger partial charge in [0.25, 0.3) is 0 Å². The molecule has 3 nitrogen and oxygen atoms in total. The predicted octanol–water partition coefficient (Wildman–Crippen LogP) is 2.04. The van der Waals surface area contributed by atoms with Crippen molar-refractivity contribution in [3.8, 4) is 0 Å². The molecule has 0 radical (unpaired) electrons. The number of likely N-dealkylation sites (N-methyl/N-ethyl adjacent to an activating group) is 1. The molecule has 2 fully saturated rings. The van der Waals surface area contributed by atoms with Gasteiger partial charge in [-0.1, -0.05) is 25.7 Å². The summed E-state index contributed by atoms with van der Waals surface area (Å²) in [6.45, 7) is 3.81. The lowest BCUT2D eigenvalue weighted by Gasteiger charge is -2.29. The third-order valence-corrected chi connectivity index (χ3v) is 4.48. The van der Waals surface area contributed by atoms with Crippen LogP contribution in [0.25, 0.3) is 0 Å². The van der Waals surface area contributed by atoms with Crippen molar-refractivity contribution in [3.05, 3.63) is 0 Å². The van der Waals surface area contributed by atoms with E-state index in [1.807, 2.05) is 0 Å². The molecule has 100 valence electrons. The van der Waals surface area contributed by atoms with Gasteiger partial charge in [0.1, 0.15) is 0 Å². The molecule has 2 aliphatic rings. The largest absolute Gasteiger partial charge is 0.392 e. The molecule has 2 rings (SSSR count). The predicted molar refractivity (Wildman–Crippen MR) is 69.0 cm³/mol. The van der Waals surface area contributed by atoms with Gasteiger partial charge in [0.05, 0.1) is 12.2 Å². The Balaban J connectivity index is 1.71. The van der Waals surface area contributed by atoms with Crippen molar-refractivity contribution in [1.82, 2.24) is 4.90 Å². The SMILES string of the molecule is CC1OCCC1N(C)CC(O)CC1CCCC1. The summed E-state index contributed by atoms with van der Waals surface area (Å²) in [5.74, 6) is 0.774. The van der Waals surface area contributed by atoms with E-state index < -0.39 is 0 Å². The van der Waals surface area contributed by atoms with Crippen molar-refractivity contribution in [1.29, 1.82) is 0 Å². The first kappa shape index (κ1) is 13.3. The van der Waals surface area contributed by atoms with Crippen LogP contribution in [-0.2, 0) is 4.74 Å². The van der Waals surface area contributed by atoms with E-state index in [2.05, 4.69) is 18.9 Å². The normalized spacial score (nSPS) is 32.5. The zero-order valence-electron chi connectivity index (χ0n) is 11.3. The number of rotatable bonds is 5. The van der Waals surface area contributed by atoms with Crippen LogP contribution >= 0.6 is 0 Å². The van der Waals surface area contributed by atoms with Crippen LogP contribution in [0.4, 0.5) is 0 Å². The van der Waals surface area contributed by atoms with E-state index in [0.717, 1.165) is 31.9 Å². The second kappa shape index (κ2) is 6.17.